The van der Waals surface area contributed by atoms with Gasteiger partial charge in [-0.15, -0.1) is 12.6 Å². The Hall–Kier alpha value is -2.76. The first kappa shape index (κ1) is 19.3. The van der Waals surface area contributed by atoms with Crippen molar-refractivity contribution in [2.45, 2.75) is 4.90 Å². The summed E-state index contributed by atoms with van der Waals surface area (Å²) < 4.78 is 56.7. The van der Waals surface area contributed by atoms with Crippen LogP contribution in [0.5, 0.6) is 0 Å². The molecule has 0 heterocycles. The molecule has 0 atom stereocenters. The minimum absolute atomic E-state index is 0.108. The number of nitrogen functional groups attached to an aromatic ring is 2. The molecule has 2 aromatic carbocycles. The molecular weight excluding hydrogens is 360 g/mol. The third-order valence-corrected chi connectivity index (χ3v) is 3.64. The van der Waals surface area contributed by atoms with E-state index in [9.17, 15) is 13.2 Å². The molecule has 0 saturated carbocycles. The van der Waals surface area contributed by atoms with Crippen molar-refractivity contribution < 1.29 is 30.4 Å². The molecule has 0 aliphatic rings. The maximum atomic E-state index is 12.2. The van der Waals surface area contributed by atoms with E-state index in [2.05, 4.69) is 0 Å². The predicted molar refractivity (Wildman–Crippen MR) is 84.7 cm³/mol. The van der Waals surface area contributed by atoms with E-state index in [0.29, 0.717) is 11.3 Å². The van der Waals surface area contributed by atoms with Crippen LogP contribution in [0.15, 0.2) is 47.4 Å². The van der Waals surface area contributed by atoms with Gasteiger partial charge in [-0.3, -0.25) is 9.35 Å². The number of hydrogen-bond acceptors (Lipinski definition) is 8. The number of carbonyl (C=O) groups excluding carboxylic acids is 1. The van der Waals surface area contributed by atoms with Crippen molar-refractivity contribution in [3.8, 4) is 0 Å². The average Bonchev–Trinajstić information content (AvgIpc) is 2.46. The van der Waals surface area contributed by atoms with Crippen molar-refractivity contribution in [2.75, 3.05) is 11.5 Å². The average molecular weight is 372 g/mol. The second kappa shape index (κ2) is 7.68. The maximum Gasteiger partial charge on any atom is 0.425 e. The first-order valence-electron chi connectivity index (χ1n) is 6.06. The number of hydrogen-bond donors (Lipinski definition) is 3. The molecule has 0 bridgehead atoms. The van der Waals surface area contributed by atoms with Gasteiger partial charge in [-0.2, -0.15) is 8.42 Å². The number of benzene rings is 2. The van der Waals surface area contributed by atoms with Crippen LogP contribution < -0.4 is 11.5 Å². The lowest BCUT2D eigenvalue weighted by molar-refractivity contribution is 0.103. The fraction of sp³-hybridized carbons (Fsp3) is 0. The Balaban J connectivity index is 0.000000648. The zero-order valence-corrected chi connectivity index (χ0v) is 13.5. The number of ketones is 1. The van der Waals surface area contributed by atoms with E-state index in [1.165, 1.54) is 24.3 Å². The van der Waals surface area contributed by atoms with E-state index in [0.717, 1.165) is 6.07 Å². The van der Waals surface area contributed by atoms with Gasteiger partial charge < -0.3 is 11.5 Å². The van der Waals surface area contributed by atoms with Crippen molar-refractivity contribution in [3.05, 3.63) is 53.6 Å². The third-order valence-electron chi connectivity index (χ3n) is 2.73. The summed E-state index contributed by atoms with van der Waals surface area (Å²) in [6.07, 6.45) is 0. The van der Waals surface area contributed by atoms with Gasteiger partial charge >= 0.3 is 10.6 Å². The first-order chi connectivity index (χ1) is 11.0. The minimum Gasteiger partial charge on any atom is -0.399 e. The van der Waals surface area contributed by atoms with Crippen LogP contribution in [-0.2, 0) is 20.7 Å². The molecular formula is C13H12N2O7S2. The second-order valence-corrected chi connectivity index (χ2v) is 6.18. The molecule has 128 valence electrons. The van der Waals surface area contributed by atoms with E-state index in [-0.39, 0.29) is 11.3 Å². The summed E-state index contributed by atoms with van der Waals surface area (Å²) in [6.45, 7) is 0. The molecule has 2 aromatic rings. The first-order valence-corrected chi connectivity index (χ1v) is 8.50. The normalized spacial score (nSPS) is 10.4. The van der Waals surface area contributed by atoms with E-state index >= 15 is 0 Å². The zero-order valence-electron chi connectivity index (χ0n) is 11.9. The molecule has 0 spiro atoms. The van der Waals surface area contributed by atoms with Crippen LogP contribution in [-0.4, -0.2) is 31.4 Å². The maximum absolute atomic E-state index is 12.2. The molecule has 0 fully saturated rings. The molecule has 2 rings (SSSR count). The highest BCUT2D eigenvalue weighted by Gasteiger charge is 2.17. The number of nitrogens with two attached hydrogens (primary N) is 2. The Bertz CT molecular complexity index is 960. The minimum atomic E-state index is -4.48. The van der Waals surface area contributed by atoms with Gasteiger partial charge in [0.15, 0.2) is 5.78 Å². The highest BCUT2D eigenvalue weighted by molar-refractivity contribution is 7.86. The van der Waals surface area contributed by atoms with Crippen LogP contribution >= 0.6 is 0 Å². The van der Waals surface area contributed by atoms with Gasteiger partial charge in [0.25, 0.3) is 10.1 Å². The number of anilines is 2. The highest BCUT2D eigenvalue weighted by atomic mass is 32.2. The predicted octanol–water partition coefficient (Wildman–Crippen LogP) is 0.325. The molecule has 0 unspecified atom stereocenters. The van der Waals surface area contributed by atoms with Gasteiger partial charge in [0.2, 0.25) is 0 Å². The van der Waals surface area contributed by atoms with Crippen LogP contribution in [0, 0.1) is 0 Å². The highest BCUT2D eigenvalue weighted by Crippen LogP contribution is 2.21. The van der Waals surface area contributed by atoms with Crippen LogP contribution in [0.25, 0.3) is 0 Å². The lowest BCUT2D eigenvalue weighted by atomic mass is 10.0. The van der Waals surface area contributed by atoms with Gasteiger partial charge in [0.05, 0.1) is 5.69 Å². The van der Waals surface area contributed by atoms with Crippen LogP contribution in [0.1, 0.15) is 15.9 Å². The van der Waals surface area contributed by atoms with Gasteiger partial charge in [0.1, 0.15) is 4.90 Å². The molecule has 11 heteroatoms. The third kappa shape index (κ3) is 5.46. The fourth-order valence-electron chi connectivity index (χ4n) is 1.70. The van der Waals surface area contributed by atoms with E-state index in [4.69, 9.17) is 28.6 Å². The Morgan fingerprint density at radius 3 is 1.83 bits per heavy atom. The largest absolute Gasteiger partial charge is 0.425 e. The van der Waals surface area contributed by atoms with Crippen molar-refractivity contribution in [2.24, 2.45) is 0 Å². The molecule has 0 aliphatic heterocycles. The molecule has 0 radical (unpaired) electrons. The van der Waals surface area contributed by atoms with Crippen molar-refractivity contribution in [1.82, 2.24) is 0 Å². The van der Waals surface area contributed by atoms with Gasteiger partial charge in [-0.05, 0) is 42.5 Å². The SMILES string of the molecule is Nc1ccc(C(=O)c2ccc(N)c(S(=O)(=O)O)c2)cc1.O=S(=O)=O. The monoisotopic (exact) mass is 372 g/mol. The summed E-state index contributed by atoms with van der Waals surface area (Å²) >= 11 is 0. The van der Waals surface area contributed by atoms with Crippen molar-refractivity contribution in [1.29, 1.82) is 0 Å². The molecule has 0 amide bonds. The summed E-state index contributed by atoms with van der Waals surface area (Å²) in [5.41, 5.74) is 11.8. The van der Waals surface area contributed by atoms with E-state index in [1.807, 2.05) is 0 Å². The quantitative estimate of drug-likeness (QED) is 0.389. The zero-order chi connectivity index (χ0) is 18.5. The van der Waals surface area contributed by atoms with E-state index in [1.54, 1.807) is 12.1 Å². The molecule has 9 nitrogen and oxygen atoms in total. The smallest absolute Gasteiger partial charge is 0.399 e. The fourth-order valence-corrected chi connectivity index (χ4v) is 2.34. The van der Waals surface area contributed by atoms with Crippen molar-refractivity contribution >= 4 is 37.9 Å². The lowest BCUT2D eigenvalue weighted by Crippen LogP contribution is -2.07. The second-order valence-electron chi connectivity index (χ2n) is 4.38. The molecule has 0 aromatic heterocycles. The summed E-state index contributed by atoms with van der Waals surface area (Å²) in [7, 11) is -7.59. The lowest BCUT2D eigenvalue weighted by Gasteiger charge is -2.06. The molecule has 5 N–H and O–H groups in total. The Morgan fingerprint density at radius 1 is 0.917 bits per heavy atom. The topological polar surface area (TPSA) is 175 Å². The summed E-state index contributed by atoms with van der Waals surface area (Å²) in [4.78, 5) is 11.7. The molecule has 24 heavy (non-hydrogen) atoms. The van der Waals surface area contributed by atoms with Gasteiger partial charge in [0, 0.05) is 16.8 Å². The number of rotatable bonds is 3. The standard InChI is InChI=1S/C13H12N2O4S.O3S/c14-10-4-1-8(2-5-10)13(16)9-3-6-11(15)12(7-9)20(17,18)19;1-4(2)3/h1-7H,14-15H2,(H,17,18,19);. The number of carbonyl (C=O) groups is 1. The van der Waals surface area contributed by atoms with Crippen LogP contribution in [0.2, 0.25) is 0 Å². The molecule has 0 aliphatic carbocycles. The van der Waals surface area contributed by atoms with Gasteiger partial charge in [-0.1, -0.05) is 0 Å². The summed E-state index contributed by atoms with van der Waals surface area (Å²) in [5, 5.41) is 0. The summed E-state index contributed by atoms with van der Waals surface area (Å²) in [5.74, 6) is -0.394. The van der Waals surface area contributed by atoms with Crippen molar-refractivity contribution in [3.63, 3.8) is 0 Å². The Labute approximate surface area is 138 Å². The van der Waals surface area contributed by atoms with E-state index < -0.39 is 31.4 Å². The Kier molecular flexibility index (Phi) is 6.17. The summed E-state index contributed by atoms with van der Waals surface area (Å²) in [6, 6.07) is 9.88. The van der Waals surface area contributed by atoms with Crippen LogP contribution in [0.4, 0.5) is 11.4 Å². The molecule has 0 saturated heterocycles. The van der Waals surface area contributed by atoms with Gasteiger partial charge in [-0.25, -0.2) is 0 Å². The Morgan fingerprint density at radius 2 is 1.38 bits per heavy atom. The van der Waals surface area contributed by atoms with Crippen LogP contribution in [0.3, 0.4) is 0 Å².